The van der Waals surface area contributed by atoms with E-state index in [-0.39, 0.29) is 12.1 Å². The van der Waals surface area contributed by atoms with Gasteiger partial charge < -0.3 is 10.2 Å². The number of nitrogens with zero attached hydrogens (tertiary/aromatic N) is 2. The van der Waals surface area contributed by atoms with Gasteiger partial charge >= 0.3 is 11.7 Å². The first-order valence-electron chi connectivity index (χ1n) is 9.50. The van der Waals surface area contributed by atoms with Crippen molar-refractivity contribution < 1.29 is 24.2 Å². The number of aliphatic hydroxyl groups excluding tert-OH is 1. The van der Waals surface area contributed by atoms with Crippen LogP contribution in [0, 0.1) is 5.82 Å². The van der Waals surface area contributed by atoms with E-state index in [2.05, 4.69) is 0 Å². The zero-order chi connectivity index (χ0) is 22.5. The quantitative estimate of drug-likeness (QED) is 0.542. The van der Waals surface area contributed by atoms with Crippen LogP contribution in [0.25, 0.3) is 23.0 Å². The second-order valence-electron chi connectivity index (χ2n) is 6.99. The maximum absolute atomic E-state index is 13.5. The molecule has 2 aromatic carbocycles. The highest BCUT2D eigenvalue weighted by molar-refractivity contribution is 5.95. The Balaban J connectivity index is 2.08. The summed E-state index contributed by atoms with van der Waals surface area (Å²) in [6.45, 7) is 0. The molecular formula is C23H21FN2O5. The van der Waals surface area contributed by atoms with Gasteiger partial charge in [0.05, 0.1) is 23.2 Å². The number of hydrogen-bond acceptors (Lipinski definition) is 4. The molecule has 1 atom stereocenters. The number of carbonyl (C=O) groups excluding carboxylic acids is 1. The van der Waals surface area contributed by atoms with E-state index in [0.717, 1.165) is 0 Å². The monoisotopic (exact) mass is 424 g/mol. The molecule has 1 heterocycles. The molecule has 0 fully saturated rings. The topological polar surface area (TPSA) is 102 Å². The second kappa shape index (κ2) is 9.36. The summed E-state index contributed by atoms with van der Waals surface area (Å²) in [7, 11) is 1.57. The number of ketones is 1. The molecule has 7 nitrogen and oxygen atoms in total. The molecule has 0 saturated carbocycles. The number of rotatable bonds is 8. The van der Waals surface area contributed by atoms with Crippen LogP contribution < -0.4 is 5.69 Å². The molecule has 3 aromatic rings. The third kappa shape index (κ3) is 5.04. The van der Waals surface area contributed by atoms with Crippen molar-refractivity contribution in [2.75, 3.05) is 0 Å². The van der Waals surface area contributed by atoms with Crippen molar-refractivity contribution in [1.82, 2.24) is 9.13 Å². The third-order valence-corrected chi connectivity index (χ3v) is 4.70. The largest absolute Gasteiger partial charge is 0.481 e. The van der Waals surface area contributed by atoms with Gasteiger partial charge in [-0.1, -0.05) is 24.3 Å². The van der Waals surface area contributed by atoms with Gasteiger partial charge in [0.15, 0.2) is 0 Å². The van der Waals surface area contributed by atoms with Gasteiger partial charge in [0, 0.05) is 19.0 Å². The van der Waals surface area contributed by atoms with Crippen molar-refractivity contribution >= 4 is 17.8 Å². The van der Waals surface area contributed by atoms with Gasteiger partial charge in [-0.3, -0.25) is 18.7 Å². The SMILES string of the molecule is Cn1c(/C=C/C(O)CC(=O)CC(=O)O)c(-c2ccc(F)cc2)n(-c2ccccc2)c1=O. The van der Waals surface area contributed by atoms with E-state index >= 15 is 0 Å². The van der Waals surface area contributed by atoms with Crippen molar-refractivity contribution in [3.63, 3.8) is 0 Å². The van der Waals surface area contributed by atoms with Crippen LogP contribution in [-0.4, -0.2) is 37.2 Å². The van der Waals surface area contributed by atoms with Crippen molar-refractivity contribution in [2.24, 2.45) is 7.05 Å². The Hall–Kier alpha value is -3.78. The lowest BCUT2D eigenvalue weighted by atomic mass is 10.1. The Kier molecular flexibility index (Phi) is 6.61. The first kappa shape index (κ1) is 21.9. The fourth-order valence-corrected chi connectivity index (χ4v) is 3.26. The summed E-state index contributed by atoms with van der Waals surface area (Å²) in [5, 5.41) is 18.8. The molecule has 0 aliphatic carbocycles. The number of aromatic nitrogens is 2. The highest BCUT2D eigenvalue weighted by Crippen LogP contribution is 2.27. The predicted octanol–water partition coefficient (Wildman–Crippen LogP) is 2.79. The van der Waals surface area contributed by atoms with Crippen molar-refractivity contribution in [3.05, 3.63) is 82.7 Å². The average Bonchev–Trinajstić information content (AvgIpc) is 2.97. The molecule has 160 valence electrons. The Bertz CT molecular complexity index is 1180. The molecule has 0 aliphatic rings. The van der Waals surface area contributed by atoms with Gasteiger partial charge in [-0.05, 0) is 42.5 Å². The van der Waals surface area contributed by atoms with Gasteiger partial charge in [0.1, 0.15) is 18.0 Å². The van der Waals surface area contributed by atoms with Crippen LogP contribution in [0.3, 0.4) is 0 Å². The molecule has 1 unspecified atom stereocenters. The Labute approximate surface area is 177 Å². The summed E-state index contributed by atoms with van der Waals surface area (Å²) >= 11 is 0. The maximum atomic E-state index is 13.5. The van der Waals surface area contributed by atoms with E-state index < -0.39 is 30.1 Å². The normalized spacial score (nSPS) is 12.2. The molecule has 0 aliphatic heterocycles. The number of para-hydroxylation sites is 1. The van der Waals surface area contributed by atoms with Crippen LogP contribution in [0.4, 0.5) is 4.39 Å². The van der Waals surface area contributed by atoms with Gasteiger partial charge in [0.2, 0.25) is 0 Å². The van der Waals surface area contributed by atoms with E-state index in [1.54, 1.807) is 43.4 Å². The molecule has 8 heteroatoms. The van der Waals surface area contributed by atoms with E-state index in [9.17, 15) is 23.9 Å². The molecule has 0 saturated heterocycles. The number of imidazole rings is 1. The second-order valence-corrected chi connectivity index (χ2v) is 6.99. The molecule has 31 heavy (non-hydrogen) atoms. The van der Waals surface area contributed by atoms with Crippen LogP contribution in [0.2, 0.25) is 0 Å². The third-order valence-electron chi connectivity index (χ3n) is 4.70. The van der Waals surface area contributed by atoms with Crippen LogP contribution in [0.5, 0.6) is 0 Å². The predicted molar refractivity (Wildman–Crippen MR) is 113 cm³/mol. The molecule has 3 rings (SSSR count). The van der Waals surface area contributed by atoms with Crippen LogP contribution in [-0.2, 0) is 16.6 Å². The van der Waals surface area contributed by atoms with Crippen molar-refractivity contribution in [3.8, 4) is 16.9 Å². The zero-order valence-corrected chi connectivity index (χ0v) is 16.7. The van der Waals surface area contributed by atoms with Gasteiger partial charge in [0.25, 0.3) is 0 Å². The number of carboxylic acid groups (broad SMARTS) is 1. The van der Waals surface area contributed by atoms with Crippen molar-refractivity contribution in [2.45, 2.75) is 18.9 Å². The maximum Gasteiger partial charge on any atom is 0.333 e. The molecule has 0 radical (unpaired) electrons. The smallest absolute Gasteiger partial charge is 0.333 e. The lowest BCUT2D eigenvalue weighted by molar-refractivity contribution is -0.140. The van der Waals surface area contributed by atoms with E-state index in [1.165, 1.54) is 33.4 Å². The Morgan fingerprint density at radius 3 is 2.35 bits per heavy atom. The van der Waals surface area contributed by atoms with Gasteiger partial charge in [-0.2, -0.15) is 0 Å². The summed E-state index contributed by atoms with van der Waals surface area (Å²) in [5.74, 6) is -2.29. The van der Waals surface area contributed by atoms with Gasteiger partial charge in [-0.15, -0.1) is 0 Å². The fraction of sp³-hybridized carbons (Fsp3) is 0.174. The van der Waals surface area contributed by atoms with Crippen LogP contribution in [0.1, 0.15) is 18.5 Å². The minimum atomic E-state index is -1.26. The number of carboxylic acids is 1. The molecular weight excluding hydrogens is 403 g/mol. The summed E-state index contributed by atoms with van der Waals surface area (Å²) < 4.78 is 16.3. The summed E-state index contributed by atoms with van der Waals surface area (Å²) in [4.78, 5) is 35.3. The Morgan fingerprint density at radius 2 is 1.74 bits per heavy atom. The fourth-order valence-electron chi connectivity index (χ4n) is 3.26. The Morgan fingerprint density at radius 1 is 1.10 bits per heavy atom. The number of benzene rings is 2. The lowest BCUT2D eigenvalue weighted by Gasteiger charge is -2.09. The van der Waals surface area contributed by atoms with E-state index in [4.69, 9.17) is 5.11 Å². The molecule has 0 amide bonds. The lowest BCUT2D eigenvalue weighted by Crippen LogP contribution is -2.21. The summed E-state index contributed by atoms with van der Waals surface area (Å²) in [5.41, 5.74) is 1.77. The molecule has 2 N–H and O–H groups in total. The van der Waals surface area contributed by atoms with E-state index in [0.29, 0.717) is 22.6 Å². The zero-order valence-electron chi connectivity index (χ0n) is 16.7. The number of hydrogen-bond donors (Lipinski definition) is 2. The minimum Gasteiger partial charge on any atom is -0.481 e. The molecule has 0 spiro atoms. The number of carbonyl (C=O) groups is 2. The summed E-state index contributed by atoms with van der Waals surface area (Å²) in [6, 6.07) is 14.6. The highest BCUT2D eigenvalue weighted by atomic mass is 19.1. The number of aliphatic carboxylic acids is 1. The average molecular weight is 424 g/mol. The molecule has 1 aromatic heterocycles. The number of aliphatic hydroxyl groups is 1. The van der Waals surface area contributed by atoms with Gasteiger partial charge in [-0.25, -0.2) is 9.18 Å². The number of Topliss-reactive ketones (excluding diaryl/α,β-unsaturated/α-hetero) is 1. The van der Waals surface area contributed by atoms with Crippen molar-refractivity contribution in [1.29, 1.82) is 0 Å². The van der Waals surface area contributed by atoms with E-state index in [1.807, 2.05) is 6.07 Å². The standard InChI is InChI=1S/C23H21FN2O5/c1-25-20(12-11-18(27)13-19(28)14-21(29)30)22(15-7-9-16(24)10-8-15)26(23(25)31)17-5-3-2-4-6-17/h2-12,18,27H,13-14H2,1H3,(H,29,30)/b12-11+. The van der Waals surface area contributed by atoms with Crippen LogP contribution in [0.15, 0.2) is 65.5 Å². The van der Waals surface area contributed by atoms with Crippen LogP contribution >= 0.6 is 0 Å². The first-order chi connectivity index (χ1) is 14.8. The number of halogens is 1. The highest BCUT2D eigenvalue weighted by Gasteiger charge is 2.20. The first-order valence-corrected chi connectivity index (χ1v) is 9.50. The summed E-state index contributed by atoms with van der Waals surface area (Å²) in [6.07, 6.45) is 0.578. The molecule has 0 bridgehead atoms. The minimum absolute atomic E-state index is 0.346.